The molecule has 0 amide bonds. The van der Waals surface area contributed by atoms with E-state index in [9.17, 15) is 0 Å². The molecule has 0 aromatic rings. The molecule has 0 N–H and O–H groups in total. The Hall–Kier alpha value is 0.130. The fourth-order valence-corrected chi connectivity index (χ4v) is 1.41. The summed E-state index contributed by atoms with van der Waals surface area (Å²) in [5.74, 6) is 0. The lowest BCUT2D eigenvalue weighted by molar-refractivity contribution is 0.127. The third-order valence-electron chi connectivity index (χ3n) is 1.94. The molecule has 13 heavy (non-hydrogen) atoms. The monoisotopic (exact) mass is 202 g/mol. The van der Waals surface area contributed by atoms with E-state index in [0.29, 0.717) is 0 Å². The predicted molar refractivity (Wildman–Crippen MR) is 63.3 cm³/mol. The fraction of sp³-hybridized carbons (Fsp3) is 0.818. The first kappa shape index (κ1) is 13.1. The molecule has 0 saturated heterocycles. The van der Waals surface area contributed by atoms with Gasteiger partial charge in [-0.1, -0.05) is 12.5 Å². The first-order chi connectivity index (χ1) is 6.41. The smallest absolute Gasteiger partial charge is 0.0466 e. The number of unbranched alkanes of at least 4 members (excludes halogenated alkanes) is 4. The van der Waals surface area contributed by atoms with Crippen LogP contribution in [0.15, 0.2) is 12.7 Å². The Labute approximate surface area is 85.1 Å². The zero-order valence-corrected chi connectivity index (χ0v) is 9.79. The van der Waals surface area contributed by atoms with E-state index >= 15 is 0 Å². The molecule has 1 nitrogen and oxygen atoms in total. The Balaban J connectivity index is 2.79. The van der Waals surface area contributed by atoms with E-state index in [1.807, 2.05) is 6.08 Å². The van der Waals surface area contributed by atoms with Gasteiger partial charge in [-0.25, -0.2) is 0 Å². The van der Waals surface area contributed by atoms with Crippen LogP contribution in [0, 0.1) is 0 Å². The zero-order valence-electron chi connectivity index (χ0n) is 8.63. The number of ether oxygens (including phenoxy) is 1. The van der Waals surface area contributed by atoms with Crippen molar-refractivity contribution < 1.29 is 4.74 Å². The minimum atomic E-state index is 0.925. The van der Waals surface area contributed by atoms with Crippen LogP contribution in [0.3, 0.4) is 0 Å². The minimum absolute atomic E-state index is 0.925. The van der Waals surface area contributed by atoms with E-state index in [-0.39, 0.29) is 0 Å². The minimum Gasteiger partial charge on any atom is -0.381 e. The van der Waals surface area contributed by atoms with Crippen LogP contribution in [0.1, 0.15) is 38.5 Å². The van der Waals surface area contributed by atoms with Gasteiger partial charge in [-0.3, -0.25) is 0 Å². The van der Waals surface area contributed by atoms with Crippen molar-refractivity contribution in [2.24, 2.45) is 0 Å². The second kappa shape index (κ2) is 12.1. The van der Waals surface area contributed by atoms with Gasteiger partial charge in [0.25, 0.3) is 0 Å². The van der Waals surface area contributed by atoms with Crippen molar-refractivity contribution in [1.29, 1.82) is 0 Å². The quantitative estimate of drug-likeness (QED) is 0.300. The molecule has 0 aliphatic heterocycles. The van der Waals surface area contributed by atoms with Crippen molar-refractivity contribution in [2.75, 3.05) is 19.4 Å². The maximum Gasteiger partial charge on any atom is 0.0466 e. The molecule has 0 radical (unpaired) electrons. The van der Waals surface area contributed by atoms with Crippen LogP contribution in [0.5, 0.6) is 0 Å². The first-order valence-corrected chi connectivity index (χ1v) is 6.12. The highest BCUT2D eigenvalue weighted by atomic mass is 31.0. The Morgan fingerprint density at radius 2 is 1.69 bits per heavy atom. The maximum atomic E-state index is 5.49. The molecule has 78 valence electrons. The van der Waals surface area contributed by atoms with Crippen LogP contribution in [0.25, 0.3) is 0 Å². The number of allylic oxidation sites excluding steroid dienone is 1. The van der Waals surface area contributed by atoms with E-state index < -0.39 is 0 Å². The summed E-state index contributed by atoms with van der Waals surface area (Å²) >= 11 is 0. The van der Waals surface area contributed by atoms with Crippen LogP contribution in [-0.4, -0.2) is 19.4 Å². The third-order valence-corrected chi connectivity index (χ3v) is 2.35. The van der Waals surface area contributed by atoms with E-state index in [4.69, 9.17) is 4.74 Å². The van der Waals surface area contributed by atoms with Crippen LogP contribution >= 0.6 is 9.24 Å². The molecule has 0 saturated carbocycles. The zero-order chi connectivity index (χ0) is 9.78. The molecule has 0 bridgehead atoms. The summed E-state index contributed by atoms with van der Waals surface area (Å²) in [5, 5.41) is 0. The maximum absolute atomic E-state index is 5.49. The Bertz CT molecular complexity index is 104. The summed E-state index contributed by atoms with van der Waals surface area (Å²) in [6.45, 7) is 5.55. The highest BCUT2D eigenvalue weighted by molar-refractivity contribution is 7.16. The van der Waals surface area contributed by atoms with Gasteiger partial charge < -0.3 is 4.74 Å². The average molecular weight is 202 g/mol. The highest BCUT2D eigenvalue weighted by Crippen LogP contribution is 2.00. The molecular weight excluding hydrogens is 179 g/mol. The van der Waals surface area contributed by atoms with Gasteiger partial charge in [0.2, 0.25) is 0 Å². The molecule has 0 heterocycles. The van der Waals surface area contributed by atoms with Crippen LogP contribution < -0.4 is 0 Å². The molecule has 0 spiro atoms. The lowest BCUT2D eigenvalue weighted by Crippen LogP contribution is -1.96. The summed E-state index contributed by atoms with van der Waals surface area (Å²) in [5.41, 5.74) is 0. The molecule has 0 aliphatic carbocycles. The van der Waals surface area contributed by atoms with Gasteiger partial charge in [-0.2, -0.15) is 0 Å². The van der Waals surface area contributed by atoms with E-state index in [2.05, 4.69) is 15.8 Å². The largest absolute Gasteiger partial charge is 0.381 e. The normalized spacial score (nSPS) is 10.2. The van der Waals surface area contributed by atoms with Crippen molar-refractivity contribution in [2.45, 2.75) is 38.5 Å². The predicted octanol–water partition coefficient (Wildman–Crippen LogP) is 3.40. The summed E-state index contributed by atoms with van der Waals surface area (Å²) in [6.07, 6.45) is 10.5. The Morgan fingerprint density at radius 3 is 2.31 bits per heavy atom. The van der Waals surface area contributed by atoms with Gasteiger partial charge in [-0.05, 0) is 38.3 Å². The third kappa shape index (κ3) is 12.1. The lowest BCUT2D eigenvalue weighted by atomic mass is 10.2. The van der Waals surface area contributed by atoms with Gasteiger partial charge >= 0.3 is 0 Å². The summed E-state index contributed by atoms with van der Waals surface area (Å²) < 4.78 is 5.49. The van der Waals surface area contributed by atoms with Gasteiger partial charge in [0.05, 0.1) is 0 Å². The van der Waals surface area contributed by atoms with Crippen molar-refractivity contribution in [3.05, 3.63) is 12.7 Å². The lowest BCUT2D eigenvalue weighted by Gasteiger charge is -2.02. The summed E-state index contributed by atoms with van der Waals surface area (Å²) in [7, 11) is 2.76. The molecule has 0 aromatic carbocycles. The number of hydrogen-bond acceptors (Lipinski definition) is 1. The molecule has 0 rings (SSSR count). The van der Waals surface area contributed by atoms with Crippen molar-refractivity contribution >= 4 is 9.24 Å². The molecule has 0 aromatic heterocycles. The molecular formula is C11H23OP. The van der Waals surface area contributed by atoms with E-state index in [1.54, 1.807) is 0 Å². The highest BCUT2D eigenvalue weighted by Gasteiger charge is 1.89. The van der Waals surface area contributed by atoms with Crippen molar-refractivity contribution in [3.63, 3.8) is 0 Å². The average Bonchev–Trinajstić information content (AvgIpc) is 2.16. The van der Waals surface area contributed by atoms with Crippen LogP contribution in [0.2, 0.25) is 0 Å². The van der Waals surface area contributed by atoms with Gasteiger partial charge in [0.15, 0.2) is 0 Å². The van der Waals surface area contributed by atoms with Gasteiger partial charge in [0.1, 0.15) is 0 Å². The van der Waals surface area contributed by atoms with Crippen LogP contribution in [-0.2, 0) is 4.74 Å². The summed E-state index contributed by atoms with van der Waals surface area (Å²) in [4.78, 5) is 0. The summed E-state index contributed by atoms with van der Waals surface area (Å²) in [6, 6.07) is 0. The van der Waals surface area contributed by atoms with E-state index in [1.165, 1.54) is 38.3 Å². The van der Waals surface area contributed by atoms with Gasteiger partial charge in [0, 0.05) is 13.2 Å². The molecule has 1 atom stereocenters. The first-order valence-electron chi connectivity index (χ1n) is 5.30. The second-order valence-corrected chi connectivity index (χ2v) is 3.82. The van der Waals surface area contributed by atoms with Crippen molar-refractivity contribution in [3.8, 4) is 0 Å². The topological polar surface area (TPSA) is 9.23 Å². The molecule has 1 unspecified atom stereocenters. The Morgan fingerprint density at radius 1 is 1.00 bits per heavy atom. The number of rotatable bonds is 10. The molecule has 2 heteroatoms. The van der Waals surface area contributed by atoms with E-state index in [0.717, 1.165) is 19.6 Å². The Kier molecular flexibility index (Phi) is 12.3. The second-order valence-electron chi connectivity index (χ2n) is 3.25. The fourth-order valence-electron chi connectivity index (χ4n) is 1.12. The SMILES string of the molecule is C=CCCCCOCCCCCP. The van der Waals surface area contributed by atoms with Crippen LogP contribution in [0.4, 0.5) is 0 Å². The molecule has 0 aliphatic rings. The van der Waals surface area contributed by atoms with Crippen molar-refractivity contribution in [1.82, 2.24) is 0 Å². The molecule has 0 fully saturated rings. The number of hydrogen-bond donors (Lipinski definition) is 0. The van der Waals surface area contributed by atoms with Gasteiger partial charge in [-0.15, -0.1) is 15.8 Å². The standard InChI is InChI=1S/C11H23OP/c1-2-3-4-6-9-12-10-7-5-8-11-13/h2H,1,3-11,13H2.